The predicted octanol–water partition coefficient (Wildman–Crippen LogP) is 2.27. The maximum atomic E-state index is 5.60. The van der Waals surface area contributed by atoms with E-state index in [4.69, 9.17) is 5.73 Å². The number of hydrogen-bond acceptors (Lipinski definition) is 4. The minimum atomic E-state index is 0.669. The molecule has 1 aromatic heterocycles. The van der Waals surface area contributed by atoms with Gasteiger partial charge >= 0.3 is 0 Å². The third-order valence-electron chi connectivity index (χ3n) is 2.73. The second kappa shape index (κ2) is 6.12. The molecule has 2 N–H and O–H groups in total. The molecule has 4 nitrogen and oxygen atoms in total. The first-order valence-corrected chi connectivity index (χ1v) is 6.11. The van der Waals surface area contributed by atoms with E-state index in [1.807, 2.05) is 0 Å². The molecule has 0 aliphatic rings. The van der Waals surface area contributed by atoms with Crippen LogP contribution in [-0.2, 0) is 0 Å². The first-order chi connectivity index (χ1) is 8.81. The van der Waals surface area contributed by atoms with Crippen LogP contribution in [0.25, 0.3) is 0 Å². The van der Waals surface area contributed by atoms with E-state index in [0.717, 1.165) is 24.5 Å². The predicted molar refractivity (Wildman–Crippen MR) is 73.9 cm³/mol. The minimum absolute atomic E-state index is 0.669. The first kappa shape index (κ1) is 12.5. The Labute approximate surface area is 107 Å². The zero-order valence-corrected chi connectivity index (χ0v) is 10.6. The zero-order valence-electron chi connectivity index (χ0n) is 10.6. The lowest BCUT2D eigenvalue weighted by molar-refractivity contribution is 0.807. The van der Waals surface area contributed by atoms with Crippen molar-refractivity contribution in [1.29, 1.82) is 0 Å². The molecule has 0 fully saturated rings. The van der Waals surface area contributed by atoms with Crippen molar-refractivity contribution in [2.75, 3.05) is 18.0 Å². The highest BCUT2D eigenvalue weighted by Crippen LogP contribution is 2.23. The molecule has 18 heavy (non-hydrogen) atoms. The fourth-order valence-electron chi connectivity index (χ4n) is 1.85. The Balaban J connectivity index is 2.31. The number of aromatic nitrogens is 2. The van der Waals surface area contributed by atoms with E-state index in [0.29, 0.717) is 6.54 Å². The Hall–Kier alpha value is -1.94. The SMILES string of the molecule is Cc1cccc(N(CCCN)c2cnccn2)c1. The Morgan fingerprint density at radius 2 is 2.17 bits per heavy atom. The molecule has 0 aliphatic heterocycles. The van der Waals surface area contributed by atoms with E-state index in [9.17, 15) is 0 Å². The molecule has 0 unspecified atom stereocenters. The van der Waals surface area contributed by atoms with E-state index >= 15 is 0 Å². The number of aryl methyl sites for hydroxylation is 1. The minimum Gasteiger partial charge on any atom is -0.330 e. The van der Waals surface area contributed by atoms with Crippen molar-refractivity contribution in [3.05, 3.63) is 48.4 Å². The first-order valence-electron chi connectivity index (χ1n) is 6.11. The molecule has 0 saturated heterocycles. The maximum Gasteiger partial charge on any atom is 0.151 e. The van der Waals surface area contributed by atoms with Gasteiger partial charge in [0.15, 0.2) is 5.82 Å². The van der Waals surface area contributed by atoms with E-state index in [1.165, 1.54) is 5.56 Å². The number of anilines is 2. The van der Waals surface area contributed by atoms with Crippen LogP contribution in [0.5, 0.6) is 0 Å². The summed E-state index contributed by atoms with van der Waals surface area (Å²) < 4.78 is 0. The Morgan fingerprint density at radius 3 is 2.83 bits per heavy atom. The van der Waals surface area contributed by atoms with Crippen molar-refractivity contribution in [3.8, 4) is 0 Å². The highest BCUT2D eigenvalue weighted by Gasteiger charge is 2.09. The van der Waals surface area contributed by atoms with Gasteiger partial charge in [-0.05, 0) is 37.6 Å². The van der Waals surface area contributed by atoms with Crippen molar-refractivity contribution < 1.29 is 0 Å². The van der Waals surface area contributed by atoms with Crippen molar-refractivity contribution in [1.82, 2.24) is 9.97 Å². The molecule has 0 aliphatic carbocycles. The second-order valence-corrected chi connectivity index (χ2v) is 4.20. The largest absolute Gasteiger partial charge is 0.330 e. The third-order valence-corrected chi connectivity index (χ3v) is 2.73. The van der Waals surface area contributed by atoms with Gasteiger partial charge < -0.3 is 10.6 Å². The van der Waals surface area contributed by atoms with Crippen LogP contribution >= 0.6 is 0 Å². The van der Waals surface area contributed by atoms with Crippen LogP contribution in [0.1, 0.15) is 12.0 Å². The summed E-state index contributed by atoms with van der Waals surface area (Å²) in [6, 6.07) is 8.36. The van der Waals surface area contributed by atoms with Crippen LogP contribution in [0, 0.1) is 6.92 Å². The van der Waals surface area contributed by atoms with Crippen LogP contribution in [-0.4, -0.2) is 23.1 Å². The van der Waals surface area contributed by atoms with Gasteiger partial charge in [0.05, 0.1) is 6.20 Å². The summed E-state index contributed by atoms with van der Waals surface area (Å²) >= 11 is 0. The third kappa shape index (κ3) is 3.05. The van der Waals surface area contributed by atoms with Crippen LogP contribution in [0.2, 0.25) is 0 Å². The van der Waals surface area contributed by atoms with E-state index < -0.39 is 0 Å². The Kier molecular flexibility index (Phi) is 4.25. The average molecular weight is 242 g/mol. The summed E-state index contributed by atoms with van der Waals surface area (Å²) in [6.45, 7) is 3.60. The lowest BCUT2D eigenvalue weighted by atomic mass is 10.2. The molecule has 0 amide bonds. The maximum absolute atomic E-state index is 5.60. The molecule has 1 aromatic carbocycles. The summed E-state index contributed by atoms with van der Waals surface area (Å²) in [6.07, 6.45) is 6.09. The summed E-state index contributed by atoms with van der Waals surface area (Å²) in [5, 5.41) is 0. The number of nitrogens with two attached hydrogens (primary N) is 1. The molecule has 2 rings (SSSR count). The second-order valence-electron chi connectivity index (χ2n) is 4.20. The number of nitrogens with zero attached hydrogens (tertiary/aromatic N) is 3. The fourth-order valence-corrected chi connectivity index (χ4v) is 1.85. The normalized spacial score (nSPS) is 10.3. The van der Waals surface area contributed by atoms with Crippen molar-refractivity contribution >= 4 is 11.5 Å². The summed E-state index contributed by atoms with van der Waals surface area (Å²) in [7, 11) is 0. The summed E-state index contributed by atoms with van der Waals surface area (Å²) in [5.74, 6) is 0.858. The molecule has 0 saturated carbocycles. The Bertz CT molecular complexity index is 484. The van der Waals surface area contributed by atoms with Gasteiger partial charge in [0.25, 0.3) is 0 Å². The van der Waals surface area contributed by atoms with Crippen LogP contribution in [0.4, 0.5) is 11.5 Å². The molecule has 0 radical (unpaired) electrons. The summed E-state index contributed by atoms with van der Waals surface area (Å²) in [4.78, 5) is 10.6. The van der Waals surface area contributed by atoms with Gasteiger partial charge in [-0.25, -0.2) is 4.98 Å². The average Bonchev–Trinajstić information content (AvgIpc) is 2.40. The molecule has 0 spiro atoms. The standard InChI is InChI=1S/C14H18N4/c1-12-4-2-5-13(10-12)18(9-3-6-15)14-11-16-7-8-17-14/h2,4-5,7-8,10-11H,3,6,9,15H2,1H3. The van der Waals surface area contributed by atoms with E-state index in [2.05, 4.69) is 46.1 Å². The number of hydrogen-bond donors (Lipinski definition) is 1. The quantitative estimate of drug-likeness (QED) is 0.874. The molecule has 0 atom stereocenters. The smallest absolute Gasteiger partial charge is 0.151 e. The van der Waals surface area contributed by atoms with Gasteiger partial charge in [0.2, 0.25) is 0 Å². The van der Waals surface area contributed by atoms with Crippen LogP contribution in [0.15, 0.2) is 42.9 Å². The highest BCUT2D eigenvalue weighted by atomic mass is 15.2. The lowest BCUT2D eigenvalue weighted by Gasteiger charge is -2.23. The van der Waals surface area contributed by atoms with Crippen molar-refractivity contribution in [2.24, 2.45) is 5.73 Å². The molecular formula is C14H18N4. The van der Waals surface area contributed by atoms with Crippen LogP contribution in [0.3, 0.4) is 0 Å². The molecule has 0 bridgehead atoms. The molecular weight excluding hydrogens is 224 g/mol. The fraction of sp³-hybridized carbons (Fsp3) is 0.286. The van der Waals surface area contributed by atoms with Crippen LogP contribution < -0.4 is 10.6 Å². The summed E-state index contributed by atoms with van der Waals surface area (Å²) in [5.41, 5.74) is 7.96. The Morgan fingerprint density at radius 1 is 1.28 bits per heavy atom. The van der Waals surface area contributed by atoms with Gasteiger partial charge in [0.1, 0.15) is 0 Å². The molecule has 2 aromatic rings. The van der Waals surface area contributed by atoms with E-state index in [-0.39, 0.29) is 0 Å². The highest BCUT2D eigenvalue weighted by molar-refractivity contribution is 5.59. The van der Waals surface area contributed by atoms with Gasteiger partial charge in [0, 0.05) is 24.6 Å². The number of benzene rings is 1. The van der Waals surface area contributed by atoms with Gasteiger partial charge in [-0.1, -0.05) is 12.1 Å². The van der Waals surface area contributed by atoms with Gasteiger partial charge in [-0.15, -0.1) is 0 Å². The van der Waals surface area contributed by atoms with Crippen molar-refractivity contribution in [3.63, 3.8) is 0 Å². The molecule has 1 heterocycles. The lowest BCUT2D eigenvalue weighted by Crippen LogP contribution is -2.22. The zero-order chi connectivity index (χ0) is 12.8. The topological polar surface area (TPSA) is 55.0 Å². The molecule has 94 valence electrons. The van der Waals surface area contributed by atoms with Gasteiger partial charge in [-0.2, -0.15) is 0 Å². The monoisotopic (exact) mass is 242 g/mol. The molecule has 4 heteroatoms. The van der Waals surface area contributed by atoms with E-state index in [1.54, 1.807) is 18.6 Å². The van der Waals surface area contributed by atoms with Gasteiger partial charge in [-0.3, -0.25) is 4.98 Å². The number of rotatable bonds is 5. The van der Waals surface area contributed by atoms with Crippen molar-refractivity contribution in [2.45, 2.75) is 13.3 Å².